The number of hydrogen-bond acceptors (Lipinski definition) is 3. The molecule has 2 aliphatic rings. The Balaban J connectivity index is 1.07. The molecule has 2 unspecified atom stereocenters. The van der Waals surface area contributed by atoms with Crippen molar-refractivity contribution in [2.75, 3.05) is 39.8 Å². The second-order valence-electron chi connectivity index (χ2n) is 10.5. The van der Waals surface area contributed by atoms with Gasteiger partial charge in [0.15, 0.2) is 0 Å². The van der Waals surface area contributed by atoms with Gasteiger partial charge in [-0.15, -0.1) is 0 Å². The number of carbonyl (C=O) groups is 2. The number of likely N-dealkylation sites (N-methyl/N-ethyl adjacent to an activating group) is 1. The normalized spacial score (nSPS) is 19.1. The number of nitrogens with zero attached hydrogens (tertiary/aromatic N) is 3. The summed E-state index contributed by atoms with van der Waals surface area (Å²) < 4.78 is 0. The number of nitrogens with one attached hydrogen (secondary N) is 1. The molecule has 3 aromatic rings. The molecule has 2 saturated heterocycles. The van der Waals surface area contributed by atoms with Crippen LogP contribution in [-0.2, 0) is 6.42 Å². The minimum absolute atomic E-state index is 0.00449. The standard InChI is InChI=1S/C32H38N4O2/c1-34(31(37)28-16-14-27(15-17-28)26-12-6-3-7-13-26)30-19-22-36(24-30)32(38)35-21-18-29(23-35)33-20-8-11-25-9-4-2-5-10-25/h2-7,9-10,12-17,29-30,33H,8,11,18-24H2,1H3. The molecular formula is C32H38N4O2. The minimum Gasteiger partial charge on any atom is -0.337 e. The molecule has 5 rings (SSSR count). The van der Waals surface area contributed by atoms with Crippen molar-refractivity contribution in [3.8, 4) is 11.1 Å². The highest BCUT2D eigenvalue weighted by molar-refractivity contribution is 5.95. The first-order valence-corrected chi connectivity index (χ1v) is 13.8. The lowest BCUT2D eigenvalue weighted by Gasteiger charge is -2.27. The number of urea groups is 1. The van der Waals surface area contributed by atoms with Gasteiger partial charge in [-0.3, -0.25) is 4.79 Å². The summed E-state index contributed by atoms with van der Waals surface area (Å²) in [4.78, 5) is 32.1. The van der Waals surface area contributed by atoms with E-state index in [1.54, 1.807) is 0 Å². The predicted molar refractivity (Wildman–Crippen MR) is 152 cm³/mol. The van der Waals surface area contributed by atoms with E-state index in [2.05, 4.69) is 47.8 Å². The number of aryl methyl sites for hydroxylation is 1. The third kappa shape index (κ3) is 6.25. The van der Waals surface area contributed by atoms with Crippen molar-refractivity contribution >= 4 is 11.9 Å². The first-order valence-electron chi connectivity index (χ1n) is 13.8. The molecule has 3 aromatic carbocycles. The molecule has 0 aliphatic carbocycles. The Morgan fingerprint density at radius 3 is 2.18 bits per heavy atom. The van der Waals surface area contributed by atoms with Crippen molar-refractivity contribution in [1.82, 2.24) is 20.0 Å². The molecule has 3 amide bonds. The van der Waals surface area contributed by atoms with Crippen LogP contribution in [0.4, 0.5) is 4.79 Å². The Labute approximate surface area is 226 Å². The average molecular weight is 511 g/mol. The zero-order valence-corrected chi connectivity index (χ0v) is 22.3. The van der Waals surface area contributed by atoms with E-state index in [1.165, 1.54) is 5.56 Å². The molecule has 1 N–H and O–H groups in total. The molecule has 2 fully saturated rings. The van der Waals surface area contributed by atoms with Gasteiger partial charge in [0.25, 0.3) is 5.91 Å². The fourth-order valence-electron chi connectivity index (χ4n) is 5.58. The third-order valence-corrected chi connectivity index (χ3v) is 7.92. The van der Waals surface area contributed by atoms with Crippen LogP contribution in [0, 0.1) is 0 Å². The number of carbonyl (C=O) groups excluding carboxylic acids is 2. The number of amides is 3. The van der Waals surface area contributed by atoms with Crippen molar-refractivity contribution < 1.29 is 9.59 Å². The molecule has 0 bridgehead atoms. The molecule has 38 heavy (non-hydrogen) atoms. The van der Waals surface area contributed by atoms with Crippen LogP contribution in [0.25, 0.3) is 11.1 Å². The molecule has 0 spiro atoms. The van der Waals surface area contributed by atoms with Crippen molar-refractivity contribution in [3.05, 3.63) is 96.1 Å². The highest BCUT2D eigenvalue weighted by Crippen LogP contribution is 2.23. The molecule has 6 nitrogen and oxygen atoms in total. The summed E-state index contributed by atoms with van der Waals surface area (Å²) in [6.07, 6.45) is 3.97. The summed E-state index contributed by atoms with van der Waals surface area (Å²) in [7, 11) is 1.86. The van der Waals surface area contributed by atoms with E-state index in [4.69, 9.17) is 0 Å². The quantitative estimate of drug-likeness (QED) is 0.438. The van der Waals surface area contributed by atoms with E-state index >= 15 is 0 Å². The highest BCUT2D eigenvalue weighted by atomic mass is 16.2. The van der Waals surface area contributed by atoms with Gasteiger partial charge in [0.05, 0.1) is 6.04 Å². The van der Waals surface area contributed by atoms with E-state index in [1.807, 2.05) is 64.2 Å². The largest absolute Gasteiger partial charge is 0.337 e. The minimum atomic E-state index is 0.00449. The first kappa shape index (κ1) is 26.0. The van der Waals surface area contributed by atoms with Crippen LogP contribution >= 0.6 is 0 Å². The molecule has 2 aliphatic heterocycles. The molecular weight excluding hydrogens is 472 g/mol. The van der Waals surface area contributed by atoms with Crippen LogP contribution in [0.15, 0.2) is 84.9 Å². The van der Waals surface area contributed by atoms with Crippen molar-refractivity contribution in [3.63, 3.8) is 0 Å². The SMILES string of the molecule is CN(C(=O)c1ccc(-c2ccccc2)cc1)C1CCN(C(=O)N2CCC(NCCCc3ccccc3)C2)C1. The molecule has 0 radical (unpaired) electrons. The lowest BCUT2D eigenvalue weighted by atomic mass is 10.0. The van der Waals surface area contributed by atoms with Crippen molar-refractivity contribution in [1.29, 1.82) is 0 Å². The van der Waals surface area contributed by atoms with Gasteiger partial charge in [-0.25, -0.2) is 4.79 Å². The monoisotopic (exact) mass is 510 g/mol. The zero-order chi connectivity index (χ0) is 26.3. The van der Waals surface area contributed by atoms with E-state index in [0.717, 1.165) is 56.4 Å². The van der Waals surface area contributed by atoms with Gasteiger partial charge in [0, 0.05) is 44.8 Å². The van der Waals surface area contributed by atoms with Gasteiger partial charge in [0.1, 0.15) is 0 Å². The fraction of sp³-hybridized carbons (Fsp3) is 0.375. The second-order valence-corrected chi connectivity index (χ2v) is 10.5. The van der Waals surface area contributed by atoms with Crippen LogP contribution in [0.5, 0.6) is 0 Å². The highest BCUT2D eigenvalue weighted by Gasteiger charge is 2.35. The third-order valence-electron chi connectivity index (χ3n) is 7.92. The Morgan fingerprint density at radius 2 is 1.45 bits per heavy atom. The molecule has 2 atom stereocenters. The van der Waals surface area contributed by atoms with Crippen LogP contribution in [-0.4, -0.2) is 78.5 Å². The molecule has 0 aromatic heterocycles. The smallest absolute Gasteiger partial charge is 0.320 e. The number of benzene rings is 3. The van der Waals surface area contributed by atoms with Gasteiger partial charge in [-0.05, 0) is 61.1 Å². The van der Waals surface area contributed by atoms with E-state index in [0.29, 0.717) is 24.7 Å². The summed E-state index contributed by atoms with van der Waals surface area (Å²) in [6, 6.07) is 29.0. The predicted octanol–water partition coefficient (Wildman–Crippen LogP) is 4.92. The topological polar surface area (TPSA) is 55.9 Å². The van der Waals surface area contributed by atoms with Crippen LogP contribution < -0.4 is 5.32 Å². The molecule has 2 heterocycles. The van der Waals surface area contributed by atoms with E-state index in [9.17, 15) is 9.59 Å². The molecule has 198 valence electrons. The summed E-state index contributed by atoms with van der Waals surface area (Å²) in [6.45, 7) is 3.80. The second kappa shape index (κ2) is 12.3. The Morgan fingerprint density at radius 1 is 0.816 bits per heavy atom. The Hall–Kier alpha value is -3.64. The maximum absolute atomic E-state index is 13.2. The summed E-state index contributed by atoms with van der Waals surface area (Å²) in [5.74, 6) is 0.00449. The zero-order valence-electron chi connectivity index (χ0n) is 22.3. The van der Waals surface area contributed by atoms with Crippen molar-refractivity contribution in [2.45, 2.75) is 37.8 Å². The Bertz CT molecular complexity index is 1200. The number of rotatable bonds is 8. The van der Waals surface area contributed by atoms with Gasteiger partial charge in [-0.2, -0.15) is 0 Å². The average Bonchev–Trinajstić information content (AvgIpc) is 3.66. The summed E-state index contributed by atoms with van der Waals surface area (Å²) in [5, 5.41) is 3.64. The van der Waals surface area contributed by atoms with Gasteiger partial charge in [-0.1, -0.05) is 72.8 Å². The van der Waals surface area contributed by atoms with Crippen LogP contribution in [0.2, 0.25) is 0 Å². The van der Waals surface area contributed by atoms with Crippen LogP contribution in [0.1, 0.15) is 35.2 Å². The van der Waals surface area contributed by atoms with Gasteiger partial charge in [0.2, 0.25) is 0 Å². The lowest BCUT2D eigenvalue weighted by Crippen LogP contribution is -2.45. The summed E-state index contributed by atoms with van der Waals surface area (Å²) >= 11 is 0. The Kier molecular flexibility index (Phi) is 8.39. The lowest BCUT2D eigenvalue weighted by molar-refractivity contribution is 0.0735. The number of hydrogen-bond donors (Lipinski definition) is 1. The molecule has 0 saturated carbocycles. The van der Waals surface area contributed by atoms with Gasteiger partial charge >= 0.3 is 6.03 Å². The van der Waals surface area contributed by atoms with Crippen molar-refractivity contribution in [2.24, 2.45) is 0 Å². The van der Waals surface area contributed by atoms with E-state index < -0.39 is 0 Å². The number of likely N-dealkylation sites (tertiary alicyclic amines) is 2. The first-order chi connectivity index (χ1) is 18.6. The fourth-order valence-corrected chi connectivity index (χ4v) is 5.58. The maximum Gasteiger partial charge on any atom is 0.320 e. The maximum atomic E-state index is 13.2. The van der Waals surface area contributed by atoms with Gasteiger partial charge < -0.3 is 20.0 Å². The van der Waals surface area contributed by atoms with Crippen LogP contribution in [0.3, 0.4) is 0 Å². The summed E-state index contributed by atoms with van der Waals surface area (Å²) in [5.41, 5.74) is 4.28. The molecule has 6 heteroatoms. The van der Waals surface area contributed by atoms with E-state index in [-0.39, 0.29) is 18.0 Å².